The number of hydrogen-bond acceptors (Lipinski definition) is 4. The Kier molecular flexibility index (Phi) is 5.21. The van der Waals surface area contributed by atoms with Gasteiger partial charge in [0.05, 0.1) is 11.3 Å². The number of rotatable bonds is 6. The number of amides is 1. The van der Waals surface area contributed by atoms with Crippen molar-refractivity contribution >= 4 is 21.6 Å². The molecule has 0 aliphatic rings. The molecule has 0 aliphatic carbocycles. The van der Waals surface area contributed by atoms with E-state index in [1.54, 1.807) is 0 Å². The number of alkyl halides is 3. The molecule has 0 spiro atoms. The molecule has 2 aromatic rings. The summed E-state index contributed by atoms with van der Waals surface area (Å²) < 4.78 is 66.7. The van der Waals surface area contributed by atoms with Crippen LogP contribution in [0, 0.1) is 0 Å². The van der Waals surface area contributed by atoms with Gasteiger partial charge in [0.1, 0.15) is 5.75 Å². The Morgan fingerprint density at radius 2 is 1.60 bits per heavy atom. The number of carbonyl (C=O) groups is 1. The second kappa shape index (κ2) is 7.01. The van der Waals surface area contributed by atoms with Crippen molar-refractivity contribution in [1.29, 1.82) is 0 Å². The number of anilines is 1. The number of halogens is 3. The summed E-state index contributed by atoms with van der Waals surface area (Å²) >= 11 is 0. The third-order valence-corrected chi connectivity index (χ3v) is 4.35. The van der Waals surface area contributed by atoms with Gasteiger partial charge in [-0.2, -0.15) is 0 Å². The van der Waals surface area contributed by atoms with E-state index in [2.05, 4.69) is 9.46 Å². The maximum atomic E-state index is 12.2. The van der Waals surface area contributed by atoms with Crippen molar-refractivity contribution in [2.75, 3.05) is 4.72 Å². The van der Waals surface area contributed by atoms with Gasteiger partial charge in [-0.3, -0.25) is 9.52 Å². The summed E-state index contributed by atoms with van der Waals surface area (Å²) in [5.74, 6) is -1.04. The predicted octanol–water partition coefficient (Wildman–Crippen LogP) is 2.41. The Balaban J connectivity index is 2.12. The average Bonchev–Trinajstić information content (AvgIpc) is 2.47. The number of ether oxygens (including phenoxy) is 1. The van der Waals surface area contributed by atoms with Crippen molar-refractivity contribution < 1.29 is 31.1 Å². The smallest absolute Gasteiger partial charge is 0.406 e. The molecule has 25 heavy (non-hydrogen) atoms. The number of hydrogen-bond donors (Lipinski definition) is 2. The number of nitrogens with two attached hydrogens (primary N) is 1. The van der Waals surface area contributed by atoms with Gasteiger partial charge in [0.15, 0.2) is 0 Å². The molecule has 0 unspecified atom stereocenters. The van der Waals surface area contributed by atoms with E-state index in [4.69, 9.17) is 5.73 Å². The van der Waals surface area contributed by atoms with Gasteiger partial charge in [0.25, 0.3) is 10.0 Å². The highest BCUT2D eigenvalue weighted by Crippen LogP contribution is 2.24. The van der Waals surface area contributed by atoms with Crippen LogP contribution in [-0.4, -0.2) is 20.7 Å². The molecule has 0 bridgehead atoms. The monoisotopic (exact) mass is 374 g/mol. The van der Waals surface area contributed by atoms with E-state index in [0.717, 1.165) is 24.3 Å². The molecule has 2 rings (SSSR count). The van der Waals surface area contributed by atoms with E-state index >= 15 is 0 Å². The van der Waals surface area contributed by atoms with E-state index in [1.165, 1.54) is 24.3 Å². The maximum absolute atomic E-state index is 12.2. The van der Waals surface area contributed by atoms with E-state index in [-0.39, 0.29) is 17.0 Å². The number of carbonyl (C=O) groups excluding carboxylic acids is 1. The maximum Gasteiger partial charge on any atom is 0.573 e. The van der Waals surface area contributed by atoms with Gasteiger partial charge in [0.2, 0.25) is 5.91 Å². The molecule has 0 radical (unpaired) electrons. The van der Waals surface area contributed by atoms with Crippen LogP contribution in [0.5, 0.6) is 5.75 Å². The quantitative estimate of drug-likeness (QED) is 0.811. The predicted molar refractivity (Wildman–Crippen MR) is 83.3 cm³/mol. The zero-order valence-electron chi connectivity index (χ0n) is 12.6. The van der Waals surface area contributed by atoms with Crippen molar-refractivity contribution in [3.63, 3.8) is 0 Å². The van der Waals surface area contributed by atoms with Crippen molar-refractivity contribution in [3.8, 4) is 5.75 Å². The SMILES string of the molecule is NC(=O)Cc1ccc(NS(=O)(=O)c2ccc(OC(F)(F)F)cc2)cc1. The summed E-state index contributed by atoms with van der Waals surface area (Å²) in [6.45, 7) is 0. The largest absolute Gasteiger partial charge is 0.573 e. The van der Waals surface area contributed by atoms with Gasteiger partial charge < -0.3 is 10.5 Å². The van der Waals surface area contributed by atoms with E-state index in [0.29, 0.717) is 5.56 Å². The molecule has 0 saturated heterocycles. The van der Waals surface area contributed by atoms with Crippen LogP contribution in [0.2, 0.25) is 0 Å². The first-order valence-corrected chi connectivity index (χ1v) is 8.29. The third-order valence-electron chi connectivity index (χ3n) is 2.95. The average molecular weight is 374 g/mol. The molecule has 6 nitrogen and oxygen atoms in total. The van der Waals surface area contributed by atoms with Crippen molar-refractivity contribution in [1.82, 2.24) is 0 Å². The molecule has 0 fully saturated rings. The molecular weight excluding hydrogens is 361 g/mol. The molecule has 134 valence electrons. The zero-order valence-corrected chi connectivity index (χ0v) is 13.4. The molecule has 0 atom stereocenters. The minimum absolute atomic E-state index is 0.0215. The summed E-state index contributed by atoms with van der Waals surface area (Å²) in [7, 11) is -3.99. The molecule has 0 saturated carbocycles. The van der Waals surface area contributed by atoms with E-state index < -0.39 is 28.0 Å². The summed E-state index contributed by atoms with van der Waals surface area (Å²) in [5.41, 5.74) is 5.90. The lowest BCUT2D eigenvalue weighted by Crippen LogP contribution is -2.17. The summed E-state index contributed by atoms with van der Waals surface area (Å²) in [4.78, 5) is 10.6. The Morgan fingerprint density at radius 3 is 2.08 bits per heavy atom. The van der Waals surface area contributed by atoms with E-state index in [9.17, 15) is 26.4 Å². The fraction of sp³-hybridized carbons (Fsp3) is 0.133. The summed E-state index contributed by atoms with van der Waals surface area (Å²) in [6.07, 6.45) is -4.83. The van der Waals surface area contributed by atoms with Crippen LogP contribution in [0.25, 0.3) is 0 Å². The lowest BCUT2D eigenvalue weighted by atomic mass is 10.1. The fourth-order valence-electron chi connectivity index (χ4n) is 1.93. The standard InChI is InChI=1S/C15H13F3N2O4S/c16-15(17,18)24-12-5-7-13(8-6-12)25(22,23)20-11-3-1-10(2-4-11)9-14(19)21/h1-8,20H,9H2,(H2,19,21). The molecule has 1 amide bonds. The van der Waals surface area contributed by atoms with Gasteiger partial charge in [-0.25, -0.2) is 8.42 Å². The molecule has 2 aromatic carbocycles. The fourth-order valence-corrected chi connectivity index (χ4v) is 2.98. The van der Waals surface area contributed by atoms with Crippen LogP contribution in [0.1, 0.15) is 5.56 Å². The Morgan fingerprint density at radius 1 is 1.04 bits per heavy atom. The first kappa shape index (κ1) is 18.6. The van der Waals surface area contributed by atoms with E-state index in [1.807, 2.05) is 0 Å². The number of nitrogens with one attached hydrogen (secondary N) is 1. The summed E-state index contributed by atoms with van der Waals surface area (Å²) in [5, 5.41) is 0. The number of benzene rings is 2. The van der Waals surface area contributed by atoms with Crippen molar-refractivity contribution in [2.45, 2.75) is 17.7 Å². The first-order valence-electron chi connectivity index (χ1n) is 6.81. The van der Waals surface area contributed by atoms with Crippen LogP contribution in [0.15, 0.2) is 53.4 Å². The van der Waals surface area contributed by atoms with Crippen LogP contribution in [-0.2, 0) is 21.2 Å². The molecule has 0 heterocycles. The van der Waals surface area contributed by atoms with Crippen LogP contribution in [0.4, 0.5) is 18.9 Å². The Labute approximate surface area is 141 Å². The van der Waals surface area contributed by atoms with Gasteiger partial charge in [-0.15, -0.1) is 13.2 Å². The van der Waals surface area contributed by atoms with Crippen LogP contribution in [0.3, 0.4) is 0 Å². The highest BCUT2D eigenvalue weighted by molar-refractivity contribution is 7.92. The van der Waals surface area contributed by atoms with Gasteiger partial charge >= 0.3 is 6.36 Å². The lowest BCUT2D eigenvalue weighted by molar-refractivity contribution is -0.274. The second-order valence-electron chi connectivity index (χ2n) is 4.96. The van der Waals surface area contributed by atoms with Crippen molar-refractivity contribution in [2.24, 2.45) is 5.73 Å². The molecule has 0 aliphatic heterocycles. The number of primary amides is 1. The minimum Gasteiger partial charge on any atom is -0.406 e. The normalized spacial score (nSPS) is 11.8. The zero-order chi connectivity index (χ0) is 18.7. The first-order chi connectivity index (χ1) is 11.5. The lowest BCUT2D eigenvalue weighted by Gasteiger charge is -2.11. The molecule has 0 aromatic heterocycles. The minimum atomic E-state index is -4.86. The second-order valence-corrected chi connectivity index (χ2v) is 6.65. The highest BCUT2D eigenvalue weighted by atomic mass is 32.2. The molecular formula is C15H13F3N2O4S. The third kappa shape index (κ3) is 5.68. The molecule has 10 heteroatoms. The Bertz CT molecular complexity index is 848. The van der Waals surface area contributed by atoms with Crippen molar-refractivity contribution in [3.05, 3.63) is 54.1 Å². The van der Waals surface area contributed by atoms with Gasteiger partial charge in [-0.1, -0.05) is 12.1 Å². The summed E-state index contributed by atoms with van der Waals surface area (Å²) in [6, 6.07) is 9.73. The Hall–Kier alpha value is -2.75. The van der Waals surface area contributed by atoms with Gasteiger partial charge in [0, 0.05) is 5.69 Å². The highest BCUT2D eigenvalue weighted by Gasteiger charge is 2.31. The topological polar surface area (TPSA) is 98.5 Å². The molecule has 3 N–H and O–H groups in total. The number of sulfonamides is 1. The van der Waals surface area contributed by atoms with Gasteiger partial charge in [-0.05, 0) is 42.0 Å². The van der Waals surface area contributed by atoms with Crippen LogP contribution < -0.4 is 15.2 Å². The van der Waals surface area contributed by atoms with Crippen LogP contribution >= 0.6 is 0 Å².